The Labute approximate surface area is 147 Å². The second-order valence-electron chi connectivity index (χ2n) is 8.42. The summed E-state index contributed by atoms with van der Waals surface area (Å²) in [4.78, 5) is 17.4. The third-order valence-corrected chi connectivity index (χ3v) is 6.01. The summed E-state index contributed by atoms with van der Waals surface area (Å²) < 4.78 is 24.8. The van der Waals surface area contributed by atoms with Crippen molar-refractivity contribution in [3.63, 3.8) is 0 Å². The summed E-state index contributed by atoms with van der Waals surface area (Å²) in [6, 6.07) is 0. The summed E-state index contributed by atoms with van der Waals surface area (Å²) >= 11 is 0. The van der Waals surface area contributed by atoms with Crippen LogP contribution in [0, 0.1) is 5.41 Å². The minimum absolute atomic E-state index is 0.263. The van der Waals surface area contributed by atoms with Crippen molar-refractivity contribution in [2.75, 3.05) is 13.2 Å². The number of hydrogen-bond donors (Lipinski definition) is 0. The number of hydroxylamine groups is 2. The van der Waals surface area contributed by atoms with E-state index >= 15 is 0 Å². The standard InChI is InChI=1S/C17H36NO5P/c1-11-21-24(20,22-12-2)14(15(3,4)5)18(16(6,7)8)23-17(9,10)13-19/h13-14H,11-12H2,1-10H3. The molecular weight excluding hydrogens is 329 g/mol. The smallest absolute Gasteiger partial charge is 0.308 e. The first-order valence-electron chi connectivity index (χ1n) is 8.48. The van der Waals surface area contributed by atoms with Gasteiger partial charge in [-0.15, -0.1) is 0 Å². The molecule has 0 saturated heterocycles. The quantitative estimate of drug-likeness (QED) is 0.337. The molecule has 0 aliphatic heterocycles. The van der Waals surface area contributed by atoms with Crippen LogP contribution < -0.4 is 0 Å². The Bertz CT molecular complexity index is 441. The highest BCUT2D eigenvalue weighted by atomic mass is 31.2. The van der Waals surface area contributed by atoms with E-state index in [1.54, 1.807) is 32.8 Å². The molecule has 1 unspecified atom stereocenters. The average Bonchev–Trinajstić information content (AvgIpc) is 2.35. The van der Waals surface area contributed by atoms with Crippen LogP contribution in [0.15, 0.2) is 0 Å². The van der Waals surface area contributed by atoms with E-state index in [9.17, 15) is 9.36 Å². The lowest BCUT2D eigenvalue weighted by molar-refractivity contribution is -0.282. The zero-order valence-corrected chi connectivity index (χ0v) is 17.9. The highest BCUT2D eigenvalue weighted by Crippen LogP contribution is 2.61. The molecule has 0 bridgehead atoms. The van der Waals surface area contributed by atoms with Gasteiger partial charge in [0.1, 0.15) is 11.4 Å². The summed E-state index contributed by atoms with van der Waals surface area (Å²) in [6.45, 7) is 19.1. The van der Waals surface area contributed by atoms with Crippen LogP contribution in [-0.4, -0.2) is 41.5 Å². The number of carbonyl (C=O) groups is 1. The number of rotatable bonds is 9. The van der Waals surface area contributed by atoms with Crippen molar-refractivity contribution < 1.29 is 23.2 Å². The predicted octanol–water partition coefficient (Wildman–Crippen LogP) is 4.63. The molecule has 24 heavy (non-hydrogen) atoms. The van der Waals surface area contributed by atoms with Crippen molar-refractivity contribution in [2.45, 2.75) is 86.2 Å². The largest absolute Gasteiger partial charge is 0.350 e. The third-order valence-electron chi connectivity index (χ3n) is 3.19. The maximum absolute atomic E-state index is 13.6. The molecule has 0 rings (SSSR count). The highest BCUT2D eigenvalue weighted by molar-refractivity contribution is 7.54. The maximum Gasteiger partial charge on any atom is 0.350 e. The zero-order valence-electron chi connectivity index (χ0n) is 17.0. The molecule has 0 heterocycles. The van der Waals surface area contributed by atoms with E-state index in [0.29, 0.717) is 0 Å². The van der Waals surface area contributed by atoms with Gasteiger partial charge in [-0.3, -0.25) is 9.40 Å². The van der Waals surface area contributed by atoms with E-state index in [4.69, 9.17) is 13.9 Å². The van der Waals surface area contributed by atoms with E-state index in [-0.39, 0.29) is 13.2 Å². The number of carbonyl (C=O) groups excluding carboxylic acids is 1. The summed E-state index contributed by atoms with van der Waals surface area (Å²) in [5, 5.41) is 1.62. The third kappa shape index (κ3) is 6.57. The van der Waals surface area contributed by atoms with Crippen LogP contribution in [0.5, 0.6) is 0 Å². The first-order valence-corrected chi connectivity index (χ1v) is 10.1. The van der Waals surface area contributed by atoms with Crippen molar-refractivity contribution in [1.29, 1.82) is 0 Å². The van der Waals surface area contributed by atoms with Crippen molar-refractivity contribution in [1.82, 2.24) is 5.06 Å². The molecule has 0 radical (unpaired) electrons. The first kappa shape index (κ1) is 23.7. The van der Waals surface area contributed by atoms with Crippen LogP contribution >= 0.6 is 7.60 Å². The van der Waals surface area contributed by atoms with Crippen molar-refractivity contribution >= 4 is 13.9 Å². The van der Waals surface area contributed by atoms with Crippen molar-refractivity contribution in [2.24, 2.45) is 5.41 Å². The summed E-state index contributed by atoms with van der Waals surface area (Å²) in [5.41, 5.74) is -2.06. The van der Waals surface area contributed by atoms with E-state index in [1.165, 1.54) is 0 Å². The molecule has 7 heteroatoms. The molecule has 0 saturated carbocycles. The number of nitrogens with zero attached hydrogens (tertiary/aromatic N) is 1. The van der Waals surface area contributed by atoms with Gasteiger partial charge < -0.3 is 13.8 Å². The van der Waals surface area contributed by atoms with Crippen molar-refractivity contribution in [3.8, 4) is 0 Å². The topological polar surface area (TPSA) is 65.1 Å². The van der Waals surface area contributed by atoms with Crippen LogP contribution in [0.3, 0.4) is 0 Å². The van der Waals surface area contributed by atoms with Crippen LogP contribution in [-0.2, 0) is 23.2 Å². The van der Waals surface area contributed by atoms with Gasteiger partial charge in [0, 0.05) is 5.54 Å². The summed E-state index contributed by atoms with van der Waals surface area (Å²) in [5.74, 6) is -0.677. The molecular formula is C17H36NO5P. The van der Waals surface area contributed by atoms with Gasteiger partial charge >= 0.3 is 7.60 Å². The Kier molecular flexibility index (Phi) is 8.32. The van der Waals surface area contributed by atoms with Gasteiger partial charge in [0.15, 0.2) is 6.29 Å². The second kappa shape index (κ2) is 8.41. The normalized spacial score (nSPS) is 15.6. The lowest BCUT2D eigenvalue weighted by atomic mass is 9.94. The van der Waals surface area contributed by atoms with Crippen LogP contribution in [0.4, 0.5) is 0 Å². The predicted molar refractivity (Wildman–Crippen MR) is 96.9 cm³/mol. The Hall–Kier alpha value is -0.260. The minimum atomic E-state index is -3.52. The molecule has 0 aromatic carbocycles. The molecule has 0 spiro atoms. The Morgan fingerprint density at radius 3 is 1.62 bits per heavy atom. The molecule has 0 aliphatic rings. The molecule has 0 amide bonds. The molecule has 0 aromatic rings. The SMILES string of the molecule is CCOP(=O)(OCC)C(N(OC(C)(C)C=O)C(C)(C)C)C(C)(C)C. The molecule has 1 atom stereocenters. The fourth-order valence-electron chi connectivity index (χ4n) is 2.32. The Balaban J connectivity index is 6.24. The van der Waals surface area contributed by atoms with Gasteiger partial charge in [-0.05, 0) is 53.9 Å². The highest BCUT2D eigenvalue weighted by Gasteiger charge is 2.52. The van der Waals surface area contributed by atoms with Gasteiger partial charge in [-0.25, -0.2) is 0 Å². The lowest BCUT2D eigenvalue weighted by Gasteiger charge is -2.49. The van der Waals surface area contributed by atoms with Gasteiger partial charge in [-0.1, -0.05) is 20.8 Å². The zero-order chi connectivity index (χ0) is 19.4. The molecule has 144 valence electrons. The molecule has 0 N–H and O–H groups in total. The molecule has 0 fully saturated rings. The summed E-state index contributed by atoms with van der Waals surface area (Å²) in [7, 11) is -3.52. The van der Waals surface area contributed by atoms with Gasteiger partial charge in [-0.2, -0.15) is 5.06 Å². The van der Waals surface area contributed by atoms with Crippen LogP contribution in [0.1, 0.15) is 69.2 Å². The first-order chi connectivity index (χ1) is 10.6. The van der Waals surface area contributed by atoms with Gasteiger partial charge in [0.05, 0.1) is 13.2 Å². The van der Waals surface area contributed by atoms with Crippen LogP contribution in [0.25, 0.3) is 0 Å². The number of aldehydes is 1. The summed E-state index contributed by atoms with van der Waals surface area (Å²) in [6.07, 6.45) is 0.734. The number of hydrogen-bond acceptors (Lipinski definition) is 6. The monoisotopic (exact) mass is 365 g/mol. The molecule has 0 aromatic heterocycles. The van der Waals surface area contributed by atoms with Gasteiger partial charge in [0.2, 0.25) is 0 Å². The van der Waals surface area contributed by atoms with E-state index in [2.05, 4.69) is 0 Å². The van der Waals surface area contributed by atoms with Crippen LogP contribution in [0.2, 0.25) is 0 Å². The van der Waals surface area contributed by atoms with E-state index in [1.807, 2.05) is 41.5 Å². The second-order valence-corrected chi connectivity index (χ2v) is 10.5. The maximum atomic E-state index is 13.6. The fourth-order valence-corrected chi connectivity index (χ4v) is 5.00. The fraction of sp³-hybridized carbons (Fsp3) is 0.941. The van der Waals surface area contributed by atoms with Gasteiger partial charge in [0.25, 0.3) is 0 Å². The average molecular weight is 365 g/mol. The van der Waals surface area contributed by atoms with E-state index in [0.717, 1.165) is 6.29 Å². The minimum Gasteiger partial charge on any atom is -0.308 e. The van der Waals surface area contributed by atoms with Crippen molar-refractivity contribution in [3.05, 3.63) is 0 Å². The molecule has 6 nitrogen and oxygen atoms in total. The van der Waals surface area contributed by atoms with E-state index < -0.39 is 29.9 Å². The molecule has 0 aliphatic carbocycles. The Morgan fingerprint density at radius 1 is 0.958 bits per heavy atom. The lowest BCUT2D eigenvalue weighted by Crippen LogP contribution is -2.56. The Morgan fingerprint density at radius 2 is 1.38 bits per heavy atom.